The first kappa shape index (κ1) is 16.4. The average molecular weight is 300 g/mol. The third-order valence-electron chi connectivity index (χ3n) is 3.57. The van der Waals surface area contributed by atoms with E-state index in [9.17, 15) is 4.79 Å². The minimum absolute atomic E-state index is 0.0164. The number of carbonyl (C=O) groups is 1. The smallest absolute Gasteiger partial charge is 0.311 e. The maximum Gasteiger partial charge on any atom is 0.311 e. The normalized spacial score (nSPS) is 11.4. The maximum absolute atomic E-state index is 12.7. The molecule has 22 heavy (non-hydrogen) atoms. The molecule has 2 aromatic rings. The first-order valence-electron chi connectivity index (χ1n) is 6.99. The molecule has 0 amide bonds. The van der Waals surface area contributed by atoms with E-state index >= 15 is 0 Å². The van der Waals surface area contributed by atoms with Gasteiger partial charge in [0.1, 0.15) is 0 Å². The number of carbonyl (C=O) groups excluding carboxylic acids is 1. The van der Waals surface area contributed by atoms with Gasteiger partial charge < -0.3 is 14.2 Å². The molecule has 0 aliphatic rings. The number of benzene rings is 2. The van der Waals surface area contributed by atoms with Gasteiger partial charge in [-0.3, -0.25) is 4.79 Å². The van der Waals surface area contributed by atoms with Crippen molar-refractivity contribution in [3.05, 3.63) is 71.3 Å². The largest absolute Gasteiger partial charge is 0.327 e. The molecule has 0 aliphatic heterocycles. The molecule has 4 heteroatoms. The molecular weight excluding hydrogens is 280 g/mol. The molecule has 2 rings (SSSR count). The zero-order chi connectivity index (χ0) is 16.0. The van der Waals surface area contributed by atoms with Gasteiger partial charge in [0.25, 0.3) is 0 Å². The number of ether oxygens (including phenoxy) is 3. The van der Waals surface area contributed by atoms with Crippen molar-refractivity contribution < 1.29 is 19.0 Å². The lowest BCUT2D eigenvalue weighted by molar-refractivity contribution is -0.364. The summed E-state index contributed by atoms with van der Waals surface area (Å²) in [6, 6.07) is 16.8. The van der Waals surface area contributed by atoms with Crippen LogP contribution >= 0.6 is 0 Å². The highest BCUT2D eigenvalue weighted by Gasteiger charge is 2.36. The molecule has 0 heterocycles. The third-order valence-corrected chi connectivity index (χ3v) is 3.57. The van der Waals surface area contributed by atoms with Crippen LogP contribution in [0.25, 0.3) is 0 Å². The van der Waals surface area contributed by atoms with E-state index in [0.717, 1.165) is 5.56 Å². The zero-order valence-electron chi connectivity index (χ0n) is 13.0. The molecule has 2 aromatic carbocycles. The van der Waals surface area contributed by atoms with Crippen molar-refractivity contribution in [2.24, 2.45) is 0 Å². The number of Topliss-reactive ketones (excluding diaryl/α,β-unsaturated/α-hetero) is 1. The van der Waals surface area contributed by atoms with Crippen molar-refractivity contribution in [3.8, 4) is 0 Å². The Hall–Kier alpha value is -2.01. The monoisotopic (exact) mass is 300 g/mol. The Morgan fingerprint density at radius 3 is 2.00 bits per heavy atom. The fraction of sp³-hybridized carbons (Fsp3) is 0.278. The molecule has 0 N–H and O–H groups in total. The van der Waals surface area contributed by atoms with Gasteiger partial charge in [0.15, 0.2) is 5.78 Å². The molecule has 0 bridgehead atoms. The van der Waals surface area contributed by atoms with Crippen LogP contribution in [0.3, 0.4) is 0 Å². The molecule has 0 unspecified atom stereocenters. The summed E-state index contributed by atoms with van der Waals surface area (Å²) in [6.07, 6.45) is 0.311. The Morgan fingerprint density at radius 2 is 1.41 bits per heavy atom. The van der Waals surface area contributed by atoms with Gasteiger partial charge in [-0.1, -0.05) is 54.6 Å². The van der Waals surface area contributed by atoms with Crippen LogP contribution in [-0.2, 0) is 26.6 Å². The van der Waals surface area contributed by atoms with E-state index in [1.54, 1.807) is 12.1 Å². The van der Waals surface area contributed by atoms with E-state index in [4.69, 9.17) is 14.2 Å². The van der Waals surface area contributed by atoms with Crippen molar-refractivity contribution in [2.75, 3.05) is 21.3 Å². The highest BCUT2D eigenvalue weighted by Crippen LogP contribution is 2.30. The van der Waals surface area contributed by atoms with Crippen LogP contribution in [0, 0.1) is 0 Å². The van der Waals surface area contributed by atoms with Crippen molar-refractivity contribution in [1.29, 1.82) is 0 Å². The van der Waals surface area contributed by atoms with Gasteiger partial charge in [0.05, 0.1) is 5.56 Å². The minimum atomic E-state index is -1.39. The van der Waals surface area contributed by atoms with E-state index in [2.05, 4.69) is 0 Å². The minimum Gasteiger partial charge on any atom is -0.327 e. The lowest BCUT2D eigenvalue weighted by atomic mass is 9.97. The summed E-state index contributed by atoms with van der Waals surface area (Å²) < 4.78 is 16.1. The number of methoxy groups -OCH3 is 3. The van der Waals surface area contributed by atoms with E-state index in [1.807, 2.05) is 42.5 Å². The van der Waals surface area contributed by atoms with Crippen LogP contribution in [-0.4, -0.2) is 27.1 Å². The van der Waals surface area contributed by atoms with Gasteiger partial charge in [-0.05, 0) is 5.56 Å². The average Bonchev–Trinajstić information content (AvgIpc) is 2.58. The maximum atomic E-state index is 12.7. The fourth-order valence-electron chi connectivity index (χ4n) is 2.45. The molecule has 4 nitrogen and oxygen atoms in total. The van der Waals surface area contributed by atoms with Crippen molar-refractivity contribution in [3.63, 3.8) is 0 Å². The lowest BCUT2D eigenvalue weighted by Crippen LogP contribution is -2.34. The summed E-state index contributed by atoms with van der Waals surface area (Å²) in [7, 11) is 4.43. The van der Waals surface area contributed by atoms with Gasteiger partial charge in [-0.2, -0.15) is 0 Å². The van der Waals surface area contributed by atoms with E-state index in [0.29, 0.717) is 17.5 Å². The van der Waals surface area contributed by atoms with Crippen molar-refractivity contribution >= 4 is 5.78 Å². The van der Waals surface area contributed by atoms with E-state index < -0.39 is 5.97 Å². The van der Waals surface area contributed by atoms with E-state index in [1.165, 1.54) is 21.3 Å². The molecule has 0 saturated carbocycles. The molecule has 116 valence electrons. The first-order valence-corrected chi connectivity index (χ1v) is 6.99. The number of rotatable bonds is 7. The van der Waals surface area contributed by atoms with Gasteiger partial charge >= 0.3 is 5.97 Å². The second-order valence-electron chi connectivity index (χ2n) is 4.80. The number of ketones is 1. The molecule has 0 aliphatic carbocycles. The van der Waals surface area contributed by atoms with Crippen LogP contribution in [0.4, 0.5) is 0 Å². The van der Waals surface area contributed by atoms with Crippen LogP contribution in [0.5, 0.6) is 0 Å². The van der Waals surface area contributed by atoms with Crippen LogP contribution in [0.1, 0.15) is 21.5 Å². The summed E-state index contributed by atoms with van der Waals surface area (Å²) in [5.74, 6) is -1.40. The zero-order valence-corrected chi connectivity index (χ0v) is 13.0. The number of hydrogen-bond donors (Lipinski definition) is 0. The Kier molecular flexibility index (Phi) is 5.44. The lowest BCUT2D eigenvalue weighted by Gasteiger charge is -2.30. The first-order chi connectivity index (χ1) is 10.7. The van der Waals surface area contributed by atoms with Gasteiger partial charge in [-0.25, -0.2) is 0 Å². The Labute approximate surface area is 130 Å². The standard InChI is InChI=1S/C18H20O4/c1-20-18(21-2,22-3)16-12-8-7-11-15(16)17(19)13-14-9-5-4-6-10-14/h4-12H,13H2,1-3H3. The Morgan fingerprint density at radius 1 is 0.864 bits per heavy atom. The Balaban J connectivity index is 2.38. The van der Waals surface area contributed by atoms with Crippen molar-refractivity contribution in [1.82, 2.24) is 0 Å². The summed E-state index contributed by atoms with van der Waals surface area (Å²) in [5, 5.41) is 0. The van der Waals surface area contributed by atoms with Gasteiger partial charge in [0.2, 0.25) is 0 Å². The second kappa shape index (κ2) is 7.31. The predicted octanol–water partition coefficient (Wildman–Crippen LogP) is 3.16. The summed E-state index contributed by atoms with van der Waals surface area (Å²) in [6.45, 7) is 0. The molecule has 0 radical (unpaired) electrons. The van der Waals surface area contributed by atoms with Crippen molar-refractivity contribution in [2.45, 2.75) is 12.4 Å². The van der Waals surface area contributed by atoms with Gasteiger partial charge in [-0.15, -0.1) is 0 Å². The van der Waals surface area contributed by atoms with Crippen LogP contribution < -0.4 is 0 Å². The summed E-state index contributed by atoms with van der Waals surface area (Å²) in [5.41, 5.74) is 2.04. The summed E-state index contributed by atoms with van der Waals surface area (Å²) in [4.78, 5) is 12.7. The summed E-state index contributed by atoms with van der Waals surface area (Å²) >= 11 is 0. The quantitative estimate of drug-likeness (QED) is 0.582. The molecular formula is C18H20O4. The highest BCUT2D eigenvalue weighted by molar-refractivity contribution is 5.99. The predicted molar refractivity (Wildman–Crippen MR) is 83.6 cm³/mol. The third kappa shape index (κ3) is 3.25. The molecule has 0 spiro atoms. The second-order valence-corrected chi connectivity index (χ2v) is 4.80. The SMILES string of the molecule is COC(OC)(OC)c1ccccc1C(=O)Cc1ccccc1. The topological polar surface area (TPSA) is 44.8 Å². The van der Waals surface area contributed by atoms with Crippen LogP contribution in [0.15, 0.2) is 54.6 Å². The number of hydrogen-bond acceptors (Lipinski definition) is 4. The highest BCUT2D eigenvalue weighted by atomic mass is 16.9. The van der Waals surface area contributed by atoms with E-state index in [-0.39, 0.29) is 5.78 Å². The molecule has 0 atom stereocenters. The van der Waals surface area contributed by atoms with Gasteiger partial charge in [0, 0.05) is 33.3 Å². The molecule has 0 fully saturated rings. The van der Waals surface area contributed by atoms with Crippen LogP contribution in [0.2, 0.25) is 0 Å². The Bertz CT molecular complexity index is 610. The molecule has 0 aromatic heterocycles. The fourth-order valence-corrected chi connectivity index (χ4v) is 2.45. The molecule has 0 saturated heterocycles.